The molecule has 0 unspecified atom stereocenters. The van der Waals surface area contributed by atoms with Crippen molar-refractivity contribution in [1.29, 1.82) is 0 Å². The summed E-state index contributed by atoms with van der Waals surface area (Å²) in [6, 6.07) is 29.3. The first-order valence-electron chi connectivity index (χ1n) is 18.4. The molecule has 0 saturated carbocycles. The number of benzene rings is 3. The van der Waals surface area contributed by atoms with Gasteiger partial charge in [0.05, 0.1) is 5.69 Å². The van der Waals surface area contributed by atoms with Gasteiger partial charge in [-0.25, -0.2) is 0 Å². The Morgan fingerprint density at radius 2 is 1.49 bits per heavy atom. The molecule has 2 heterocycles. The molecule has 6 rings (SSSR count). The minimum atomic E-state index is -0.337. The first-order valence-corrected chi connectivity index (χ1v) is 18.4. The van der Waals surface area contributed by atoms with Crippen LogP contribution in [0, 0.1) is 16.9 Å². The summed E-state index contributed by atoms with van der Waals surface area (Å²) in [6.07, 6.45) is 10.7. The van der Waals surface area contributed by atoms with Crippen LogP contribution in [-0.4, -0.2) is 20.9 Å². The molecular formula is C46H53IrN2O2-. The minimum absolute atomic E-state index is 0. The van der Waals surface area contributed by atoms with Crippen LogP contribution in [0.5, 0.6) is 0 Å². The SMILES string of the molecule is CC(C)c1cc(-c2nccc3c2CCc2cc(-c4ccccc4)ncc2-3)[c-]c2ccccc12.CCC(C)(CC)C(=O)/C=C(\O)C(C)(CC)CC.[Ir]. The predicted molar refractivity (Wildman–Crippen MR) is 209 cm³/mol. The number of hydrogen-bond acceptors (Lipinski definition) is 4. The fourth-order valence-electron chi connectivity index (χ4n) is 6.75. The molecule has 51 heavy (non-hydrogen) atoms. The summed E-state index contributed by atoms with van der Waals surface area (Å²) >= 11 is 0. The minimum Gasteiger partial charge on any atom is -0.512 e. The van der Waals surface area contributed by atoms with Crippen LogP contribution in [0.2, 0.25) is 0 Å². The molecule has 0 amide bonds. The van der Waals surface area contributed by atoms with E-state index in [1.54, 1.807) is 0 Å². The van der Waals surface area contributed by atoms with Gasteiger partial charge in [0.1, 0.15) is 5.76 Å². The molecule has 269 valence electrons. The molecule has 1 aliphatic rings. The zero-order chi connectivity index (χ0) is 36.1. The molecule has 1 radical (unpaired) electrons. The number of carbonyl (C=O) groups is 1. The largest absolute Gasteiger partial charge is 0.512 e. The van der Waals surface area contributed by atoms with Crippen LogP contribution in [0.3, 0.4) is 0 Å². The van der Waals surface area contributed by atoms with Gasteiger partial charge in [-0.3, -0.25) is 14.8 Å². The van der Waals surface area contributed by atoms with E-state index in [4.69, 9.17) is 9.97 Å². The van der Waals surface area contributed by atoms with Crippen molar-refractivity contribution in [2.24, 2.45) is 10.8 Å². The third-order valence-electron chi connectivity index (χ3n) is 11.3. The number of pyridine rings is 2. The van der Waals surface area contributed by atoms with Gasteiger partial charge >= 0.3 is 0 Å². The Morgan fingerprint density at radius 1 is 0.843 bits per heavy atom. The molecule has 0 fully saturated rings. The Hall–Kier alpha value is -3.92. The molecule has 1 aliphatic carbocycles. The van der Waals surface area contributed by atoms with Gasteiger partial charge in [-0.15, -0.1) is 29.1 Å². The first kappa shape index (κ1) is 39.9. The summed E-state index contributed by atoms with van der Waals surface area (Å²) in [6.45, 7) is 16.6. The fraction of sp³-hybridized carbons (Fsp3) is 0.370. The number of aromatic nitrogens is 2. The van der Waals surface area contributed by atoms with Gasteiger partial charge in [0.2, 0.25) is 0 Å². The molecule has 0 atom stereocenters. The smallest absolute Gasteiger partial charge is 0.164 e. The summed E-state index contributed by atoms with van der Waals surface area (Å²) in [5.41, 5.74) is 10.2. The van der Waals surface area contributed by atoms with Crippen LogP contribution in [-0.2, 0) is 37.7 Å². The van der Waals surface area contributed by atoms with E-state index in [2.05, 4.69) is 86.6 Å². The topological polar surface area (TPSA) is 63.1 Å². The number of nitrogens with zero attached hydrogens (tertiary/aromatic N) is 2. The number of aliphatic hydroxyl groups excluding tert-OH is 1. The number of hydrogen-bond donors (Lipinski definition) is 1. The van der Waals surface area contributed by atoms with Gasteiger partial charge in [-0.1, -0.05) is 115 Å². The van der Waals surface area contributed by atoms with E-state index in [1.165, 1.54) is 39.3 Å². The van der Waals surface area contributed by atoms with Crippen molar-refractivity contribution < 1.29 is 30.0 Å². The van der Waals surface area contributed by atoms with Crippen LogP contribution in [0.15, 0.2) is 97.0 Å². The maximum atomic E-state index is 12.2. The average molecular weight is 858 g/mol. The number of fused-ring (bicyclic) bond motifs is 4. The van der Waals surface area contributed by atoms with Gasteiger partial charge in [0, 0.05) is 66.2 Å². The van der Waals surface area contributed by atoms with Gasteiger partial charge < -0.3 is 5.11 Å². The molecule has 4 nitrogen and oxygen atoms in total. The summed E-state index contributed by atoms with van der Waals surface area (Å²) in [7, 11) is 0. The first-order chi connectivity index (χ1) is 24.0. The predicted octanol–water partition coefficient (Wildman–Crippen LogP) is 12.3. The normalized spacial score (nSPS) is 12.8. The Bertz CT molecular complexity index is 1990. The van der Waals surface area contributed by atoms with E-state index in [9.17, 15) is 9.90 Å². The molecule has 5 aromatic rings. The van der Waals surface area contributed by atoms with E-state index < -0.39 is 0 Å². The van der Waals surface area contributed by atoms with Crippen molar-refractivity contribution in [3.63, 3.8) is 0 Å². The zero-order valence-corrected chi connectivity index (χ0v) is 34.0. The third kappa shape index (κ3) is 8.43. The molecular weight excluding hydrogens is 805 g/mol. The number of aliphatic hydroxyl groups is 1. The monoisotopic (exact) mass is 858 g/mol. The maximum Gasteiger partial charge on any atom is 0.164 e. The number of rotatable bonds is 10. The van der Waals surface area contributed by atoms with Crippen LogP contribution < -0.4 is 0 Å². The summed E-state index contributed by atoms with van der Waals surface area (Å²) < 4.78 is 0. The van der Waals surface area contributed by atoms with Crippen LogP contribution in [0.1, 0.15) is 104 Å². The van der Waals surface area contributed by atoms with Crippen molar-refractivity contribution in [3.05, 3.63) is 120 Å². The fourth-order valence-corrected chi connectivity index (χ4v) is 6.75. The number of allylic oxidation sites excluding steroid dienone is 2. The molecule has 0 saturated heterocycles. The number of ketones is 1. The standard InChI is InChI=1S/C31H25N2.C15H28O2.Ir/c1-20(2)28-17-24(16-22-10-6-7-11-25(22)28)31-27-13-12-23-18-30(21-8-4-3-5-9-21)33-19-29(23)26(27)14-15-32-31;1-7-14(5,8-2)12(16)11-13(17)15(6,9-3)10-4;/h3-11,14-15,17-20H,12-13H2,1-2H3;11,16H,7-10H2,1-6H3;/q-1;;/b;12-11-;. The second kappa shape index (κ2) is 17.1. The maximum absolute atomic E-state index is 12.2. The zero-order valence-electron chi connectivity index (χ0n) is 31.6. The number of aryl methyl sites for hydroxylation is 1. The van der Waals surface area contributed by atoms with Crippen molar-refractivity contribution in [2.45, 2.75) is 99.8 Å². The van der Waals surface area contributed by atoms with E-state index in [0.717, 1.165) is 66.4 Å². The van der Waals surface area contributed by atoms with Gasteiger partial charge in [-0.2, -0.15) is 0 Å². The Kier molecular flexibility index (Phi) is 13.3. The molecule has 0 aliphatic heterocycles. The third-order valence-corrected chi connectivity index (χ3v) is 11.3. The van der Waals surface area contributed by atoms with Gasteiger partial charge in [-0.05, 0) is 73.3 Å². The van der Waals surface area contributed by atoms with E-state index >= 15 is 0 Å². The summed E-state index contributed by atoms with van der Waals surface area (Å²) in [5, 5.41) is 12.6. The van der Waals surface area contributed by atoms with E-state index in [1.807, 2.05) is 60.0 Å². The average Bonchev–Trinajstić information content (AvgIpc) is 3.16. The quantitative estimate of drug-likeness (QED) is 0.0863. The molecule has 0 spiro atoms. The van der Waals surface area contributed by atoms with Crippen molar-refractivity contribution in [2.75, 3.05) is 0 Å². The molecule has 5 heteroatoms. The van der Waals surface area contributed by atoms with Crippen LogP contribution >= 0.6 is 0 Å². The summed E-state index contributed by atoms with van der Waals surface area (Å²) in [4.78, 5) is 21.8. The second-order valence-electron chi connectivity index (χ2n) is 14.5. The second-order valence-corrected chi connectivity index (χ2v) is 14.5. The molecule has 3 aromatic carbocycles. The Balaban J connectivity index is 0.000000279. The van der Waals surface area contributed by atoms with Crippen LogP contribution in [0.4, 0.5) is 0 Å². The molecule has 0 bridgehead atoms. The molecule has 1 N–H and O–H groups in total. The Labute approximate surface area is 319 Å². The Morgan fingerprint density at radius 3 is 2.14 bits per heavy atom. The van der Waals surface area contributed by atoms with Crippen molar-refractivity contribution in [1.82, 2.24) is 9.97 Å². The number of carbonyl (C=O) groups excluding carboxylic acids is 1. The van der Waals surface area contributed by atoms with Gasteiger partial charge in [0.15, 0.2) is 5.78 Å². The van der Waals surface area contributed by atoms with E-state index in [0.29, 0.717) is 5.92 Å². The van der Waals surface area contributed by atoms with E-state index in [-0.39, 0.29) is 42.5 Å². The van der Waals surface area contributed by atoms with Crippen LogP contribution in [0.25, 0.3) is 44.4 Å². The molecule has 2 aromatic heterocycles. The summed E-state index contributed by atoms with van der Waals surface area (Å²) in [5.74, 6) is 0.720. The van der Waals surface area contributed by atoms with Crippen molar-refractivity contribution in [3.8, 4) is 33.6 Å². The van der Waals surface area contributed by atoms with Crippen molar-refractivity contribution >= 4 is 16.6 Å². The van der Waals surface area contributed by atoms with Gasteiger partial charge in [0.25, 0.3) is 0 Å².